The highest BCUT2D eigenvalue weighted by atomic mass is 15.3. The number of nitrogens with zero attached hydrogens (tertiary/aromatic N) is 3. The molecule has 4 nitrogen and oxygen atoms in total. The molecule has 2 rings (SSSR count). The van der Waals surface area contributed by atoms with Crippen LogP contribution in [-0.4, -0.2) is 27.8 Å². The van der Waals surface area contributed by atoms with Gasteiger partial charge < -0.3 is 5.73 Å². The monoisotopic (exact) mass is 194 g/mol. The summed E-state index contributed by atoms with van der Waals surface area (Å²) in [7, 11) is 0. The summed E-state index contributed by atoms with van der Waals surface area (Å²) >= 11 is 0. The molecule has 0 atom stereocenters. The first-order valence-corrected chi connectivity index (χ1v) is 5.32. The molecule has 14 heavy (non-hydrogen) atoms. The van der Waals surface area contributed by atoms with Crippen molar-refractivity contribution in [1.29, 1.82) is 0 Å². The molecule has 1 aromatic rings. The van der Waals surface area contributed by atoms with E-state index in [4.69, 9.17) is 5.73 Å². The van der Waals surface area contributed by atoms with Gasteiger partial charge in [-0.15, -0.1) is 0 Å². The molecule has 0 spiro atoms. The maximum absolute atomic E-state index is 6.03. The van der Waals surface area contributed by atoms with Crippen LogP contribution in [0.3, 0.4) is 0 Å². The second-order valence-corrected chi connectivity index (χ2v) is 3.75. The van der Waals surface area contributed by atoms with E-state index in [1.165, 1.54) is 11.3 Å². The predicted molar refractivity (Wildman–Crippen MR) is 57.0 cm³/mol. The Morgan fingerprint density at radius 2 is 2.14 bits per heavy atom. The van der Waals surface area contributed by atoms with Gasteiger partial charge in [0.1, 0.15) is 5.82 Å². The summed E-state index contributed by atoms with van der Waals surface area (Å²) in [6.07, 6.45) is 1.04. The van der Waals surface area contributed by atoms with E-state index in [-0.39, 0.29) is 0 Å². The number of anilines is 1. The summed E-state index contributed by atoms with van der Waals surface area (Å²) in [5.41, 5.74) is 8.48. The van der Waals surface area contributed by atoms with Gasteiger partial charge in [-0.2, -0.15) is 5.10 Å². The van der Waals surface area contributed by atoms with E-state index in [9.17, 15) is 0 Å². The predicted octanol–water partition coefficient (Wildman–Crippen LogP) is 0.863. The number of rotatable bonds is 2. The van der Waals surface area contributed by atoms with Gasteiger partial charge in [-0.05, 0) is 13.5 Å². The minimum atomic E-state index is 0.862. The van der Waals surface area contributed by atoms with Crippen LogP contribution < -0.4 is 5.73 Å². The molecule has 2 heterocycles. The molecule has 0 bridgehead atoms. The lowest BCUT2D eigenvalue weighted by molar-refractivity contribution is 0.267. The number of hydrogen-bond donors (Lipinski definition) is 1. The molecule has 0 radical (unpaired) electrons. The summed E-state index contributed by atoms with van der Waals surface area (Å²) in [6.45, 7) is 8.31. The van der Waals surface area contributed by atoms with E-state index in [0.29, 0.717) is 0 Å². The minimum absolute atomic E-state index is 0.862. The van der Waals surface area contributed by atoms with Crippen molar-refractivity contribution in [3.63, 3.8) is 0 Å². The Morgan fingerprint density at radius 3 is 2.79 bits per heavy atom. The van der Waals surface area contributed by atoms with Gasteiger partial charge in [0.15, 0.2) is 0 Å². The van der Waals surface area contributed by atoms with Crippen LogP contribution in [0.2, 0.25) is 0 Å². The molecule has 1 aromatic heterocycles. The fraction of sp³-hybridized carbons (Fsp3) is 0.700. The first-order chi connectivity index (χ1) is 6.76. The lowest BCUT2D eigenvalue weighted by Crippen LogP contribution is -2.30. The largest absolute Gasteiger partial charge is 0.384 e. The molecule has 0 aliphatic carbocycles. The van der Waals surface area contributed by atoms with Crippen LogP contribution in [0.1, 0.15) is 25.1 Å². The molecule has 4 heteroatoms. The average molecular weight is 194 g/mol. The van der Waals surface area contributed by atoms with Crippen LogP contribution >= 0.6 is 0 Å². The third-order valence-electron chi connectivity index (χ3n) is 2.97. The van der Waals surface area contributed by atoms with Gasteiger partial charge in [0.05, 0.1) is 5.69 Å². The van der Waals surface area contributed by atoms with Crippen molar-refractivity contribution in [2.24, 2.45) is 0 Å². The quantitative estimate of drug-likeness (QED) is 0.759. The standard InChI is InChI=1S/C10H18N4/c1-3-13-6-5-9-8(7-13)10(11)14(4-2)12-9/h3-7,11H2,1-2H3. The number of aromatic nitrogens is 2. The van der Waals surface area contributed by atoms with Gasteiger partial charge in [0.2, 0.25) is 0 Å². The maximum atomic E-state index is 6.03. The van der Waals surface area contributed by atoms with Crippen molar-refractivity contribution >= 4 is 5.82 Å². The van der Waals surface area contributed by atoms with Crippen molar-refractivity contribution in [3.05, 3.63) is 11.3 Å². The molecule has 0 saturated heterocycles. The molecule has 1 aliphatic heterocycles. The highest BCUT2D eigenvalue weighted by Gasteiger charge is 2.21. The van der Waals surface area contributed by atoms with Crippen molar-refractivity contribution < 1.29 is 0 Å². The molecular weight excluding hydrogens is 176 g/mol. The van der Waals surface area contributed by atoms with Crippen molar-refractivity contribution in [2.75, 3.05) is 18.8 Å². The van der Waals surface area contributed by atoms with Crippen LogP contribution in [0, 0.1) is 0 Å². The van der Waals surface area contributed by atoms with Crippen LogP contribution in [-0.2, 0) is 19.5 Å². The van der Waals surface area contributed by atoms with Crippen LogP contribution in [0.25, 0.3) is 0 Å². The molecule has 1 aliphatic rings. The number of nitrogens with two attached hydrogens (primary N) is 1. The topological polar surface area (TPSA) is 47.1 Å². The lowest BCUT2D eigenvalue weighted by Gasteiger charge is -2.24. The summed E-state index contributed by atoms with van der Waals surface area (Å²) in [5.74, 6) is 0.862. The Hall–Kier alpha value is -1.03. The Bertz CT molecular complexity index is 329. The zero-order valence-corrected chi connectivity index (χ0v) is 8.95. The summed E-state index contributed by atoms with van der Waals surface area (Å²) in [4.78, 5) is 2.40. The SMILES string of the molecule is CCN1CCc2nn(CC)c(N)c2C1. The van der Waals surface area contributed by atoms with Crippen LogP contribution in [0.15, 0.2) is 0 Å². The maximum Gasteiger partial charge on any atom is 0.126 e. The fourth-order valence-electron chi connectivity index (χ4n) is 2.01. The number of hydrogen-bond acceptors (Lipinski definition) is 3. The molecule has 0 saturated carbocycles. The number of aryl methyl sites for hydroxylation is 1. The number of likely N-dealkylation sites (N-methyl/N-ethyl adjacent to an activating group) is 1. The fourth-order valence-corrected chi connectivity index (χ4v) is 2.01. The van der Waals surface area contributed by atoms with E-state index in [2.05, 4.69) is 23.8 Å². The van der Waals surface area contributed by atoms with E-state index in [1.54, 1.807) is 0 Å². The molecule has 0 unspecified atom stereocenters. The second kappa shape index (κ2) is 3.61. The zero-order valence-electron chi connectivity index (χ0n) is 8.95. The van der Waals surface area contributed by atoms with Gasteiger partial charge in [0.25, 0.3) is 0 Å². The molecule has 2 N–H and O–H groups in total. The second-order valence-electron chi connectivity index (χ2n) is 3.75. The van der Waals surface area contributed by atoms with Crippen molar-refractivity contribution in [1.82, 2.24) is 14.7 Å². The average Bonchev–Trinajstić information content (AvgIpc) is 2.55. The summed E-state index contributed by atoms with van der Waals surface area (Å²) < 4.78 is 1.91. The molecular formula is C10H18N4. The lowest BCUT2D eigenvalue weighted by atomic mass is 10.1. The smallest absolute Gasteiger partial charge is 0.126 e. The van der Waals surface area contributed by atoms with Gasteiger partial charge in [-0.1, -0.05) is 6.92 Å². The molecule has 0 aromatic carbocycles. The zero-order chi connectivity index (χ0) is 10.1. The normalized spacial score (nSPS) is 17.0. The van der Waals surface area contributed by atoms with Gasteiger partial charge in [0, 0.05) is 31.6 Å². The van der Waals surface area contributed by atoms with Gasteiger partial charge in [-0.3, -0.25) is 4.90 Å². The third kappa shape index (κ3) is 1.39. The van der Waals surface area contributed by atoms with Crippen molar-refractivity contribution in [2.45, 2.75) is 33.4 Å². The van der Waals surface area contributed by atoms with E-state index < -0.39 is 0 Å². The van der Waals surface area contributed by atoms with Gasteiger partial charge >= 0.3 is 0 Å². The van der Waals surface area contributed by atoms with E-state index in [0.717, 1.165) is 38.4 Å². The minimum Gasteiger partial charge on any atom is -0.384 e. The Labute approximate surface area is 84.7 Å². The van der Waals surface area contributed by atoms with E-state index in [1.807, 2.05) is 4.68 Å². The first-order valence-electron chi connectivity index (χ1n) is 5.32. The summed E-state index contributed by atoms with van der Waals surface area (Å²) in [5, 5.41) is 4.50. The van der Waals surface area contributed by atoms with Crippen molar-refractivity contribution in [3.8, 4) is 0 Å². The van der Waals surface area contributed by atoms with Gasteiger partial charge in [-0.25, -0.2) is 4.68 Å². The molecule has 0 amide bonds. The van der Waals surface area contributed by atoms with E-state index >= 15 is 0 Å². The number of fused-ring (bicyclic) bond motifs is 1. The number of nitrogen functional groups attached to an aromatic ring is 1. The third-order valence-corrected chi connectivity index (χ3v) is 2.97. The van der Waals surface area contributed by atoms with Crippen LogP contribution in [0.5, 0.6) is 0 Å². The highest BCUT2D eigenvalue weighted by molar-refractivity contribution is 5.44. The Kier molecular flexibility index (Phi) is 2.46. The van der Waals surface area contributed by atoms with Crippen LogP contribution in [0.4, 0.5) is 5.82 Å². The Morgan fingerprint density at radius 1 is 1.36 bits per heavy atom. The Balaban J connectivity index is 2.31. The highest BCUT2D eigenvalue weighted by Crippen LogP contribution is 2.23. The summed E-state index contributed by atoms with van der Waals surface area (Å²) in [6, 6.07) is 0. The molecule has 0 fully saturated rings. The molecule has 78 valence electrons. The first kappa shape index (κ1) is 9.52.